The van der Waals surface area contributed by atoms with Gasteiger partial charge in [0, 0.05) is 46.2 Å². The van der Waals surface area contributed by atoms with E-state index in [-0.39, 0.29) is 11.8 Å². The average molecular weight is 269 g/mol. The van der Waals surface area contributed by atoms with E-state index in [1.165, 1.54) is 0 Å². The molecule has 110 valence electrons. The Balaban J connectivity index is 2.38. The predicted octanol–water partition coefficient (Wildman–Crippen LogP) is 0.799. The monoisotopic (exact) mass is 269 g/mol. The topological polar surface area (TPSA) is 43.9 Å². The Kier molecular flexibility index (Phi) is 6.84. The Labute approximate surface area is 116 Å². The lowest BCUT2D eigenvalue weighted by atomic mass is 10.3. The molecule has 0 aromatic carbocycles. The van der Waals surface area contributed by atoms with Crippen LogP contribution in [0.3, 0.4) is 0 Å². The van der Waals surface area contributed by atoms with Crippen LogP contribution in [0, 0.1) is 0 Å². The van der Waals surface area contributed by atoms with Crippen molar-refractivity contribution in [3.63, 3.8) is 0 Å². The maximum atomic E-state index is 12.2. The average Bonchev–Trinajstić information content (AvgIpc) is 2.39. The predicted molar refractivity (Wildman–Crippen MR) is 75.9 cm³/mol. The summed E-state index contributed by atoms with van der Waals surface area (Å²) in [5.74, 6) is 0.351. The molecule has 0 radical (unpaired) electrons. The molecule has 0 spiro atoms. The molecule has 1 aliphatic rings. The van der Waals surface area contributed by atoms with Crippen LogP contribution in [0.25, 0.3) is 0 Å². The van der Waals surface area contributed by atoms with E-state index in [2.05, 4.69) is 18.7 Å². The van der Waals surface area contributed by atoms with Crippen LogP contribution in [0.4, 0.5) is 0 Å². The van der Waals surface area contributed by atoms with Crippen molar-refractivity contribution in [1.82, 2.24) is 14.7 Å². The molecule has 5 heteroatoms. The molecule has 0 aromatic heterocycles. The summed E-state index contributed by atoms with van der Waals surface area (Å²) in [5.41, 5.74) is 0. The van der Waals surface area contributed by atoms with E-state index in [1.807, 2.05) is 9.80 Å². The second-order valence-corrected chi connectivity index (χ2v) is 5.16. The molecule has 0 unspecified atom stereocenters. The highest BCUT2D eigenvalue weighted by molar-refractivity contribution is 5.78. The molecular formula is C14H27N3O2. The van der Waals surface area contributed by atoms with Crippen LogP contribution in [-0.4, -0.2) is 72.3 Å². The summed E-state index contributed by atoms with van der Waals surface area (Å²) in [6, 6.07) is 0. The zero-order chi connectivity index (χ0) is 14.3. The number of carbonyl (C=O) groups is 2. The van der Waals surface area contributed by atoms with Gasteiger partial charge in [-0.1, -0.05) is 13.8 Å². The van der Waals surface area contributed by atoms with Crippen molar-refractivity contribution in [2.45, 2.75) is 33.6 Å². The van der Waals surface area contributed by atoms with Gasteiger partial charge in [-0.05, 0) is 12.8 Å². The van der Waals surface area contributed by atoms with Gasteiger partial charge in [0.05, 0.1) is 6.54 Å². The van der Waals surface area contributed by atoms with Crippen LogP contribution < -0.4 is 0 Å². The van der Waals surface area contributed by atoms with Gasteiger partial charge >= 0.3 is 0 Å². The summed E-state index contributed by atoms with van der Waals surface area (Å²) in [5, 5.41) is 0. The lowest BCUT2D eigenvalue weighted by Crippen LogP contribution is -2.51. The Hall–Kier alpha value is -1.10. The van der Waals surface area contributed by atoms with Gasteiger partial charge in [-0.25, -0.2) is 0 Å². The molecule has 0 saturated carbocycles. The van der Waals surface area contributed by atoms with Gasteiger partial charge in [0.2, 0.25) is 11.8 Å². The maximum absolute atomic E-state index is 12.2. The molecule has 1 aliphatic heterocycles. The number of hydrogen-bond acceptors (Lipinski definition) is 3. The molecule has 19 heavy (non-hydrogen) atoms. The molecule has 1 rings (SSSR count). The first-order valence-corrected chi connectivity index (χ1v) is 7.34. The lowest BCUT2D eigenvalue weighted by Gasteiger charge is -2.35. The zero-order valence-electron chi connectivity index (χ0n) is 12.5. The quantitative estimate of drug-likeness (QED) is 0.716. The second-order valence-electron chi connectivity index (χ2n) is 5.16. The minimum atomic E-state index is 0.129. The van der Waals surface area contributed by atoms with E-state index in [0.29, 0.717) is 6.54 Å². The van der Waals surface area contributed by atoms with E-state index in [1.54, 1.807) is 6.92 Å². The summed E-state index contributed by atoms with van der Waals surface area (Å²) in [4.78, 5) is 29.4. The van der Waals surface area contributed by atoms with Gasteiger partial charge in [-0.3, -0.25) is 14.5 Å². The Bertz CT molecular complexity index is 293. The molecule has 0 aliphatic carbocycles. The molecule has 0 bridgehead atoms. The fourth-order valence-corrected chi connectivity index (χ4v) is 2.41. The van der Waals surface area contributed by atoms with Gasteiger partial charge < -0.3 is 9.80 Å². The summed E-state index contributed by atoms with van der Waals surface area (Å²) >= 11 is 0. The Morgan fingerprint density at radius 3 is 1.95 bits per heavy atom. The van der Waals surface area contributed by atoms with Crippen LogP contribution >= 0.6 is 0 Å². The first-order chi connectivity index (χ1) is 9.08. The highest BCUT2D eigenvalue weighted by Gasteiger charge is 2.22. The van der Waals surface area contributed by atoms with Crippen LogP contribution in [-0.2, 0) is 9.59 Å². The third-order valence-electron chi connectivity index (χ3n) is 3.52. The summed E-state index contributed by atoms with van der Waals surface area (Å²) in [6.45, 7) is 11.1. The SMILES string of the molecule is CCCN(CCC)C(=O)CN1CCN(C(C)=O)CC1. The zero-order valence-corrected chi connectivity index (χ0v) is 12.5. The van der Waals surface area contributed by atoms with E-state index >= 15 is 0 Å². The molecular weight excluding hydrogens is 242 g/mol. The first-order valence-electron chi connectivity index (χ1n) is 7.34. The van der Waals surface area contributed by atoms with Gasteiger partial charge in [0.15, 0.2) is 0 Å². The number of nitrogens with zero attached hydrogens (tertiary/aromatic N) is 3. The number of hydrogen-bond donors (Lipinski definition) is 0. The molecule has 0 N–H and O–H groups in total. The number of rotatable bonds is 6. The molecule has 5 nitrogen and oxygen atoms in total. The second kappa shape index (κ2) is 8.15. The lowest BCUT2D eigenvalue weighted by molar-refractivity contribution is -0.134. The maximum Gasteiger partial charge on any atom is 0.236 e. The van der Waals surface area contributed by atoms with Crippen molar-refractivity contribution in [2.75, 3.05) is 45.8 Å². The Morgan fingerprint density at radius 2 is 1.53 bits per heavy atom. The summed E-state index contributed by atoms with van der Waals surface area (Å²) < 4.78 is 0. The largest absolute Gasteiger partial charge is 0.342 e. The van der Waals surface area contributed by atoms with Gasteiger partial charge in [-0.2, -0.15) is 0 Å². The van der Waals surface area contributed by atoms with Crippen LogP contribution in [0.2, 0.25) is 0 Å². The van der Waals surface area contributed by atoms with Crippen LogP contribution in [0.5, 0.6) is 0 Å². The smallest absolute Gasteiger partial charge is 0.236 e. The van der Waals surface area contributed by atoms with Gasteiger partial charge in [-0.15, -0.1) is 0 Å². The normalized spacial score (nSPS) is 16.5. The number of amides is 2. The summed E-state index contributed by atoms with van der Waals surface area (Å²) in [7, 11) is 0. The number of carbonyl (C=O) groups excluding carboxylic acids is 2. The van der Waals surface area contributed by atoms with Crippen LogP contribution in [0.1, 0.15) is 33.6 Å². The van der Waals surface area contributed by atoms with E-state index in [0.717, 1.165) is 52.1 Å². The minimum absolute atomic E-state index is 0.129. The summed E-state index contributed by atoms with van der Waals surface area (Å²) in [6.07, 6.45) is 2.01. The highest BCUT2D eigenvalue weighted by atomic mass is 16.2. The molecule has 2 amide bonds. The van der Waals surface area contributed by atoms with Crippen molar-refractivity contribution in [3.8, 4) is 0 Å². The molecule has 0 aromatic rings. The Morgan fingerprint density at radius 1 is 1.00 bits per heavy atom. The fraction of sp³-hybridized carbons (Fsp3) is 0.857. The highest BCUT2D eigenvalue weighted by Crippen LogP contribution is 2.04. The molecule has 1 saturated heterocycles. The van der Waals surface area contributed by atoms with Crippen molar-refractivity contribution in [2.24, 2.45) is 0 Å². The molecule has 0 atom stereocenters. The van der Waals surface area contributed by atoms with Crippen molar-refractivity contribution in [3.05, 3.63) is 0 Å². The standard InChI is InChI=1S/C14H27N3O2/c1-4-6-17(7-5-2)14(19)12-15-8-10-16(11-9-15)13(3)18/h4-12H2,1-3H3. The molecule has 1 heterocycles. The van der Waals surface area contributed by atoms with Crippen molar-refractivity contribution < 1.29 is 9.59 Å². The molecule has 1 fully saturated rings. The van der Waals surface area contributed by atoms with E-state index < -0.39 is 0 Å². The van der Waals surface area contributed by atoms with Gasteiger partial charge in [0.25, 0.3) is 0 Å². The fourth-order valence-electron chi connectivity index (χ4n) is 2.41. The first kappa shape index (κ1) is 16.0. The third kappa shape index (κ3) is 5.19. The third-order valence-corrected chi connectivity index (χ3v) is 3.52. The minimum Gasteiger partial charge on any atom is -0.342 e. The van der Waals surface area contributed by atoms with Gasteiger partial charge in [0.1, 0.15) is 0 Å². The van der Waals surface area contributed by atoms with E-state index in [9.17, 15) is 9.59 Å². The van der Waals surface area contributed by atoms with Crippen LogP contribution in [0.15, 0.2) is 0 Å². The van der Waals surface area contributed by atoms with E-state index in [4.69, 9.17) is 0 Å². The van der Waals surface area contributed by atoms with Crippen molar-refractivity contribution >= 4 is 11.8 Å². The van der Waals surface area contributed by atoms with Crippen molar-refractivity contribution in [1.29, 1.82) is 0 Å². The number of piperazine rings is 1.